The Morgan fingerprint density at radius 3 is 2.38 bits per heavy atom. The number of nitrogens with two attached hydrogens (primary N) is 1. The van der Waals surface area contributed by atoms with E-state index in [-0.39, 0.29) is 0 Å². The summed E-state index contributed by atoms with van der Waals surface area (Å²) in [5.41, 5.74) is 10.5. The molecule has 16 heavy (non-hydrogen) atoms. The van der Waals surface area contributed by atoms with E-state index in [0.717, 1.165) is 10.0 Å². The van der Waals surface area contributed by atoms with Crippen LogP contribution in [0.15, 0.2) is 12.1 Å². The molecule has 2 rings (SSSR count). The van der Waals surface area contributed by atoms with Crippen molar-refractivity contribution in [3.8, 4) is 10.6 Å². The fraction of sp³-hybridized carbons (Fsp3) is 0.333. The Kier molecular flexibility index (Phi) is 3.03. The SMILES string of the molecule is Cc1cc(C)c(-c2nnc(CN)s2)cc1C. The minimum atomic E-state index is 0.460. The molecule has 2 aromatic rings. The van der Waals surface area contributed by atoms with Crippen LogP contribution in [0, 0.1) is 20.8 Å². The number of aromatic nitrogens is 2. The Labute approximate surface area is 99.3 Å². The van der Waals surface area contributed by atoms with Gasteiger partial charge in [0.05, 0.1) is 0 Å². The molecule has 2 N–H and O–H groups in total. The molecule has 0 atom stereocenters. The molecule has 0 spiro atoms. The molecule has 0 radical (unpaired) electrons. The van der Waals surface area contributed by atoms with E-state index < -0.39 is 0 Å². The maximum atomic E-state index is 5.54. The average molecular weight is 233 g/mol. The third kappa shape index (κ3) is 1.99. The first kappa shape index (κ1) is 11.2. The maximum Gasteiger partial charge on any atom is 0.148 e. The van der Waals surface area contributed by atoms with Crippen molar-refractivity contribution in [1.29, 1.82) is 0 Å². The molecule has 84 valence electrons. The third-order valence-corrected chi connectivity index (χ3v) is 3.69. The maximum absolute atomic E-state index is 5.54. The van der Waals surface area contributed by atoms with Gasteiger partial charge >= 0.3 is 0 Å². The zero-order chi connectivity index (χ0) is 11.7. The first-order valence-corrected chi connectivity index (χ1v) is 6.04. The summed E-state index contributed by atoms with van der Waals surface area (Å²) < 4.78 is 0. The first-order valence-electron chi connectivity index (χ1n) is 5.22. The number of aryl methyl sites for hydroxylation is 3. The first-order chi connectivity index (χ1) is 7.61. The van der Waals surface area contributed by atoms with Crippen LogP contribution in [0.25, 0.3) is 10.6 Å². The van der Waals surface area contributed by atoms with Crippen LogP contribution < -0.4 is 5.73 Å². The van der Waals surface area contributed by atoms with E-state index in [2.05, 4.69) is 43.1 Å². The number of hydrogen-bond donors (Lipinski definition) is 1. The van der Waals surface area contributed by atoms with Crippen LogP contribution in [0.4, 0.5) is 0 Å². The van der Waals surface area contributed by atoms with Crippen LogP contribution in [-0.2, 0) is 6.54 Å². The summed E-state index contributed by atoms with van der Waals surface area (Å²) >= 11 is 1.57. The van der Waals surface area contributed by atoms with E-state index in [4.69, 9.17) is 5.73 Å². The average Bonchev–Trinajstić information content (AvgIpc) is 2.71. The molecule has 4 heteroatoms. The van der Waals surface area contributed by atoms with E-state index in [0.29, 0.717) is 6.54 Å². The van der Waals surface area contributed by atoms with Crippen LogP contribution in [0.5, 0.6) is 0 Å². The lowest BCUT2D eigenvalue weighted by atomic mass is 10.0. The van der Waals surface area contributed by atoms with Gasteiger partial charge in [0.25, 0.3) is 0 Å². The second-order valence-corrected chi connectivity index (χ2v) is 5.02. The van der Waals surface area contributed by atoms with E-state index >= 15 is 0 Å². The monoisotopic (exact) mass is 233 g/mol. The summed E-state index contributed by atoms with van der Waals surface area (Å²) in [6.45, 7) is 6.80. The highest BCUT2D eigenvalue weighted by Crippen LogP contribution is 2.28. The molecule has 0 saturated carbocycles. The number of hydrogen-bond acceptors (Lipinski definition) is 4. The van der Waals surface area contributed by atoms with Gasteiger partial charge in [-0.2, -0.15) is 0 Å². The van der Waals surface area contributed by atoms with Crippen molar-refractivity contribution in [3.05, 3.63) is 33.8 Å². The lowest BCUT2D eigenvalue weighted by Crippen LogP contribution is -1.94. The molecule has 1 aromatic heterocycles. The number of benzene rings is 1. The normalized spacial score (nSPS) is 10.8. The fourth-order valence-electron chi connectivity index (χ4n) is 1.64. The molecule has 0 bridgehead atoms. The Morgan fingerprint density at radius 1 is 1.06 bits per heavy atom. The molecular weight excluding hydrogens is 218 g/mol. The number of nitrogens with zero attached hydrogens (tertiary/aromatic N) is 2. The van der Waals surface area contributed by atoms with Gasteiger partial charge in [-0.05, 0) is 43.5 Å². The van der Waals surface area contributed by atoms with Crippen molar-refractivity contribution in [2.24, 2.45) is 5.73 Å². The van der Waals surface area contributed by atoms with Gasteiger partial charge in [-0.3, -0.25) is 0 Å². The topological polar surface area (TPSA) is 51.8 Å². The molecular formula is C12H15N3S. The minimum Gasteiger partial charge on any atom is -0.324 e. The summed E-state index contributed by atoms with van der Waals surface area (Å²) in [6, 6.07) is 4.36. The predicted octanol–water partition coefficient (Wildman–Crippen LogP) is 2.59. The Hall–Kier alpha value is -1.26. The van der Waals surface area contributed by atoms with Gasteiger partial charge in [-0.15, -0.1) is 10.2 Å². The van der Waals surface area contributed by atoms with Crippen molar-refractivity contribution in [2.75, 3.05) is 0 Å². The van der Waals surface area contributed by atoms with E-state index in [1.807, 2.05) is 0 Å². The largest absolute Gasteiger partial charge is 0.324 e. The minimum absolute atomic E-state index is 0.460. The Bertz CT molecular complexity index is 517. The van der Waals surface area contributed by atoms with Gasteiger partial charge in [0.2, 0.25) is 0 Å². The molecule has 0 amide bonds. The highest BCUT2D eigenvalue weighted by atomic mass is 32.1. The zero-order valence-corrected chi connectivity index (χ0v) is 10.6. The molecule has 0 aliphatic carbocycles. The van der Waals surface area contributed by atoms with Gasteiger partial charge in [-0.1, -0.05) is 17.4 Å². The summed E-state index contributed by atoms with van der Waals surface area (Å²) in [5.74, 6) is 0. The van der Waals surface area contributed by atoms with Crippen molar-refractivity contribution in [1.82, 2.24) is 10.2 Å². The van der Waals surface area contributed by atoms with Crippen LogP contribution in [0.2, 0.25) is 0 Å². The molecule has 0 saturated heterocycles. The zero-order valence-electron chi connectivity index (χ0n) is 9.74. The highest BCUT2D eigenvalue weighted by molar-refractivity contribution is 7.14. The Balaban J connectivity index is 2.51. The summed E-state index contributed by atoms with van der Waals surface area (Å²) in [5, 5.41) is 10.1. The second-order valence-electron chi connectivity index (χ2n) is 3.96. The van der Waals surface area contributed by atoms with Gasteiger partial charge in [0, 0.05) is 12.1 Å². The van der Waals surface area contributed by atoms with Crippen molar-refractivity contribution >= 4 is 11.3 Å². The van der Waals surface area contributed by atoms with Gasteiger partial charge in [0.15, 0.2) is 0 Å². The van der Waals surface area contributed by atoms with Crippen molar-refractivity contribution < 1.29 is 0 Å². The number of rotatable bonds is 2. The van der Waals surface area contributed by atoms with Crippen molar-refractivity contribution in [3.63, 3.8) is 0 Å². The van der Waals surface area contributed by atoms with E-state index in [1.165, 1.54) is 22.3 Å². The summed E-state index contributed by atoms with van der Waals surface area (Å²) in [7, 11) is 0. The highest BCUT2D eigenvalue weighted by Gasteiger charge is 2.09. The quantitative estimate of drug-likeness (QED) is 0.867. The third-order valence-electron chi connectivity index (χ3n) is 2.71. The predicted molar refractivity (Wildman–Crippen MR) is 67.4 cm³/mol. The molecule has 0 aliphatic heterocycles. The van der Waals surface area contributed by atoms with Gasteiger partial charge in [-0.25, -0.2) is 0 Å². The molecule has 0 fully saturated rings. The molecule has 3 nitrogen and oxygen atoms in total. The van der Waals surface area contributed by atoms with Crippen LogP contribution in [-0.4, -0.2) is 10.2 Å². The van der Waals surface area contributed by atoms with Crippen LogP contribution in [0.1, 0.15) is 21.7 Å². The van der Waals surface area contributed by atoms with Crippen LogP contribution >= 0.6 is 11.3 Å². The van der Waals surface area contributed by atoms with Gasteiger partial charge < -0.3 is 5.73 Å². The summed E-state index contributed by atoms with van der Waals surface area (Å²) in [4.78, 5) is 0. The molecule has 0 unspecified atom stereocenters. The smallest absolute Gasteiger partial charge is 0.148 e. The van der Waals surface area contributed by atoms with Gasteiger partial charge in [0.1, 0.15) is 10.0 Å². The lowest BCUT2D eigenvalue weighted by molar-refractivity contribution is 0.959. The second kappa shape index (κ2) is 4.31. The van der Waals surface area contributed by atoms with Crippen LogP contribution in [0.3, 0.4) is 0 Å². The molecule has 0 aliphatic rings. The lowest BCUT2D eigenvalue weighted by Gasteiger charge is -2.06. The molecule has 1 heterocycles. The Morgan fingerprint density at radius 2 is 1.75 bits per heavy atom. The van der Waals surface area contributed by atoms with Crippen molar-refractivity contribution in [2.45, 2.75) is 27.3 Å². The molecule has 1 aromatic carbocycles. The summed E-state index contributed by atoms with van der Waals surface area (Å²) in [6.07, 6.45) is 0. The standard InChI is InChI=1S/C12H15N3S/c1-7-4-9(3)10(5-8(7)2)12-15-14-11(6-13)16-12/h4-5H,6,13H2,1-3H3. The van der Waals surface area contributed by atoms with E-state index in [1.54, 1.807) is 11.3 Å². The fourth-order valence-corrected chi connectivity index (χ4v) is 2.44. The van der Waals surface area contributed by atoms with E-state index in [9.17, 15) is 0 Å².